The number of aryl methyl sites for hydroxylation is 1. The molecule has 146 valence electrons. The molecule has 0 fully saturated rings. The number of rotatable bonds is 6. The van der Waals surface area contributed by atoms with Crippen molar-refractivity contribution < 1.29 is 17.9 Å². The standard InChI is InChI=1S/C20H19F3N4O/c1-13-11-18(24-12-14-7-9-15(28-2)10-8-14)27-19(25-13)26-17-6-4-3-5-16(17)20(21,22)23/h3-11H,12H2,1-2H3,(H2,24,25,26,27). The Morgan fingerprint density at radius 2 is 1.71 bits per heavy atom. The lowest BCUT2D eigenvalue weighted by Gasteiger charge is -2.14. The molecule has 8 heteroatoms. The number of halogens is 3. The molecule has 28 heavy (non-hydrogen) atoms. The number of nitrogens with zero attached hydrogens (tertiary/aromatic N) is 2. The van der Waals surface area contributed by atoms with Gasteiger partial charge in [-0.3, -0.25) is 0 Å². The summed E-state index contributed by atoms with van der Waals surface area (Å²) in [5.41, 5.74) is 0.766. The topological polar surface area (TPSA) is 59.1 Å². The fraction of sp³-hybridized carbons (Fsp3) is 0.200. The maximum atomic E-state index is 13.2. The SMILES string of the molecule is COc1ccc(CNc2cc(C)nc(Nc3ccccc3C(F)(F)F)n2)cc1. The maximum Gasteiger partial charge on any atom is 0.418 e. The second-order valence-electron chi connectivity index (χ2n) is 6.09. The summed E-state index contributed by atoms with van der Waals surface area (Å²) in [5.74, 6) is 1.36. The van der Waals surface area contributed by atoms with Crippen molar-refractivity contribution in [2.75, 3.05) is 17.7 Å². The molecule has 0 unspecified atom stereocenters. The van der Waals surface area contributed by atoms with Crippen molar-refractivity contribution in [2.24, 2.45) is 0 Å². The number of benzene rings is 2. The third-order valence-corrected chi connectivity index (χ3v) is 3.97. The Balaban J connectivity index is 1.76. The van der Waals surface area contributed by atoms with Gasteiger partial charge >= 0.3 is 6.18 Å². The van der Waals surface area contributed by atoms with Crippen molar-refractivity contribution in [3.8, 4) is 5.75 Å². The minimum absolute atomic E-state index is 0.0916. The molecule has 2 aromatic carbocycles. The van der Waals surface area contributed by atoms with Crippen LogP contribution in [0.25, 0.3) is 0 Å². The quantitative estimate of drug-likeness (QED) is 0.610. The Bertz CT molecular complexity index is 943. The summed E-state index contributed by atoms with van der Waals surface area (Å²) in [6.07, 6.45) is -4.47. The number of methoxy groups -OCH3 is 1. The molecule has 0 spiro atoms. The monoisotopic (exact) mass is 388 g/mol. The van der Waals surface area contributed by atoms with E-state index in [4.69, 9.17) is 4.74 Å². The highest BCUT2D eigenvalue weighted by molar-refractivity contribution is 5.60. The third kappa shape index (κ3) is 4.91. The second-order valence-corrected chi connectivity index (χ2v) is 6.09. The van der Waals surface area contributed by atoms with Gasteiger partial charge in [-0.05, 0) is 36.8 Å². The maximum absolute atomic E-state index is 13.2. The molecular weight excluding hydrogens is 369 g/mol. The lowest BCUT2D eigenvalue weighted by Crippen LogP contribution is -2.10. The van der Waals surface area contributed by atoms with E-state index in [-0.39, 0.29) is 11.6 Å². The van der Waals surface area contributed by atoms with Gasteiger partial charge in [0.05, 0.1) is 18.4 Å². The van der Waals surface area contributed by atoms with Gasteiger partial charge in [-0.15, -0.1) is 0 Å². The molecule has 0 aliphatic carbocycles. The Labute approximate surface area is 160 Å². The lowest BCUT2D eigenvalue weighted by atomic mass is 10.1. The number of para-hydroxylation sites is 1. The van der Waals surface area contributed by atoms with E-state index in [9.17, 15) is 13.2 Å². The Morgan fingerprint density at radius 1 is 1.00 bits per heavy atom. The van der Waals surface area contributed by atoms with Crippen molar-refractivity contribution >= 4 is 17.5 Å². The highest BCUT2D eigenvalue weighted by atomic mass is 19.4. The molecule has 3 aromatic rings. The molecule has 0 amide bonds. The minimum Gasteiger partial charge on any atom is -0.497 e. The van der Waals surface area contributed by atoms with E-state index in [1.165, 1.54) is 18.2 Å². The molecule has 0 radical (unpaired) electrons. The Hall–Kier alpha value is -3.29. The molecule has 0 aliphatic heterocycles. The zero-order chi connectivity index (χ0) is 20.1. The Kier molecular flexibility index (Phi) is 5.67. The molecule has 0 bridgehead atoms. The largest absolute Gasteiger partial charge is 0.497 e. The molecule has 1 aromatic heterocycles. The number of hydrogen-bond donors (Lipinski definition) is 2. The number of hydrogen-bond acceptors (Lipinski definition) is 5. The average Bonchev–Trinajstić information content (AvgIpc) is 2.66. The molecule has 0 aliphatic rings. The van der Waals surface area contributed by atoms with Crippen molar-refractivity contribution in [1.29, 1.82) is 0 Å². The predicted octanol–water partition coefficient (Wildman–Crippen LogP) is 5.17. The zero-order valence-electron chi connectivity index (χ0n) is 15.3. The van der Waals surface area contributed by atoms with Crippen LogP contribution in [0.1, 0.15) is 16.8 Å². The van der Waals surface area contributed by atoms with Gasteiger partial charge in [0, 0.05) is 18.3 Å². The minimum atomic E-state index is -4.47. The summed E-state index contributed by atoms with van der Waals surface area (Å²) >= 11 is 0. The Morgan fingerprint density at radius 3 is 2.39 bits per heavy atom. The fourth-order valence-electron chi connectivity index (χ4n) is 2.61. The van der Waals surface area contributed by atoms with Gasteiger partial charge in [-0.1, -0.05) is 24.3 Å². The first-order valence-corrected chi connectivity index (χ1v) is 8.51. The van der Waals surface area contributed by atoms with Gasteiger partial charge < -0.3 is 15.4 Å². The predicted molar refractivity (Wildman–Crippen MR) is 102 cm³/mol. The molecular formula is C20H19F3N4O. The molecule has 0 saturated carbocycles. The van der Waals surface area contributed by atoms with Crippen LogP contribution in [0.5, 0.6) is 5.75 Å². The van der Waals surface area contributed by atoms with Crippen LogP contribution < -0.4 is 15.4 Å². The summed E-state index contributed by atoms with van der Waals surface area (Å²) in [4.78, 5) is 8.46. The zero-order valence-corrected chi connectivity index (χ0v) is 15.3. The fourth-order valence-corrected chi connectivity index (χ4v) is 2.61. The second kappa shape index (κ2) is 8.16. The van der Waals surface area contributed by atoms with Crippen LogP contribution in [-0.2, 0) is 12.7 Å². The number of alkyl halides is 3. The van der Waals surface area contributed by atoms with Crippen LogP contribution in [0, 0.1) is 6.92 Å². The van der Waals surface area contributed by atoms with Crippen LogP contribution in [0.15, 0.2) is 54.6 Å². The van der Waals surface area contributed by atoms with Crippen LogP contribution in [0.3, 0.4) is 0 Å². The highest BCUT2D eigenvalue weighted by Crippen LogP contribution is 2.35. The molecule has 0 saturated heterocycles. The van der Waals surface area contributed by atoms with Crippen LogP contribution >= 0.6 is 0 Å². The number of nitrogens with one attached hydrogen (secondary N) is 2. The summed E-state index contributed by atoms with van der Waals surface area (Å²) in [6, 6.07) is 14.5. The summed E-state index contributed by atoms with van der Waals surface area (Å²) in [5, 5.41) is 5.83. The van der Waals surface area contributed by atoms with E-state index < -0.39 is 11.7 Å². The van der Waals surface area contributed by atoms with Crippen molar-refractivity contribution in [2.45, 2.75) is 19.6 Å². The number of ether oxygens (including phenoxy) is 1. The van der Waals surface area contributed by atoms with Gasteiger partial charge in [-0.25, -0.2) is 4.98 Å². The molecule has 5 nitrogen and oxygen atoms in total. The highest BCUT2D eigenvalue weighted by Gasteiger charge is 2.33. The first-order valence-electron chi connectivity index (χ1n) is 8.51. The summed E-state index contributed by atoms with van der Waals surface area (Å²) in [6.45, 7) is 2.25. The van der Waals surface area contributed by atoms with E-state index in [1.54, 1.807) is 20.1 Å². The van der Waals surface area contributed by atoms with Gasteiger partial charge in [0.25, 0.3) is 0 Å². The van der Waals surface area contributed by atoms with Crippen molar-refractivity contribution in [3.05, 3.63) is 71.4 Å². The first kappa shape index (κ1) is 19.5. The summed E-state index contributed by atoms with van der Waals surface area (Å²) in [7, 11) is 1.60. The van der Waals surface area contributed by atoms with Crippen LogP contribution in [0.2, 0.25) is 0 Å². The van der Waals surface area contributed by atoms with Crippen LogP contribution in [-0.4, -0.2) is 17.1 Å². The number of aromatic nitrogens is 2. The van der Waals surface area contributed by atoms with E-state index in [2.05, 4.69) is 20.6 Å². The van der Waals surface area contributed by atoms with Crippen molar-refractivity contribution in [1.82, 2.24) is 9.97 Å². The van der Waals surface area contributed by atoms with Crippen molar-refractivity contribution in [3.63, 3.8) is 0 Å². The van der Waals surface area contributed by atoms with E-state index in [0.29, 0.717) is 18.1 Å². The normalized spacial score (nSPS) is 11.2. The molecule has 1 heterocycles. The summed E-state index contributed by atoms with van der Waals surface area (Å²) < 4.78 is 44.6. The molecule has 3 rings (SSSR count). The van der Waals surface area contributed by atoms with Gasteiger partial charge in [0.1, 0.15) is 11.6 Å². The van der Waals surface area contributed by atoms with E-state index in [1.807, 2.05) is 24.3 Å². The molecule has 0 atom stereocenters. The first-order chi connectivity index (χ1) is 13.3. The van der Waals surface area contributed by atoms with Gasteiger partial charge in [-0.2, -0.15) is 18.2 Å². The van der Waals surface area contributed by atoms with E-state index in [0.717, 1.165) is 17.4 Å². The molecule has 2 N–H and O–H groups in total. The third-order valence-electron chi connectivity index (χ3n) is 3.97. The van der Waals surface area contributed by atoms with Gasteiger partial charge in [0.2, 0.25) is 5.95 Å². The van der Waals surface area contributed by atoms with Crippen LogP contribution in [0.4, 0.5) is 30.6 Å². The van der Waals surface area contributed by atoms with Gasteiger partial charge in [0.15, 0.2) is 0 Å². The number of anilines is 3. The lowest BCUT2D eigenvalue weighted by molar-refractivity contribution is -0.136. The van der Waals surface area contributed by atoms with E-state index >= 15 is 0 Å². The average molecular weight is 388 g/mol. The smallest absolute Gasteiger partial charge is 0.418 e.